The Morgan fingerprint density at radius 2 is 0.940 bits per heavy atom. The lowest BCUT2D eigenvalue weighted by Gasteiger charge is -2.18. The number of rotatable bonds is 4. The van der Waals surface area contributed by atoms with Crippen molar-refractivity contribution in [3.63, 3.8) is 0 Å². The van der Waals surface area contributed by atoms with Crippen LogP contribution in [0.3, 0.4) is 0 Å². The van der Waals surface area contributed by atoms with Gasteiger partial charge in [0, 0.05) is 32.8 Å². The standard InChI is InChI=1S/C45H25N5/c46-26-29-17-20-43(50-44-21-18-30(27-47)23-40(44)38-19-16-31(28-48)24-45(38)50)39(22-29)35-11-2-1-10-34(35)32-8-7-9-33(25-32)49-41-14-5-3-12-36(41)37-13-4-6-15-42(37)49/h1-25H. The van der Waals surface area contributed by atoms with E-state index in [1.54, 1.807) is 0 Å². The zero-order valence-electron chi connectivity index (χ0n) is 26.7. The molecule has 0 saturated carbocycles. The molecule has 0 radical (unpaired) electrons. The molecule has 2 heterocycles. The molecule has 230 valence electrons. The second-order valence-corrected chi connectivity index (χ2v) is 12.3. The molecule has 0 aliphatic carbocycles. The van der Waals surface area contributed by atoms with Crippen molar-refractivity contribution in [3.05, 3.63) is 168 Å². The Labute approximate surface area is 287 Å². The average Bonchev–Trinajstić information content (AvgIpc) is 3.69. The number of nitriles is 3. The van der Waals surface area contributed by atoms with Gasteiger partial charge in [0.1, 0.15) is 0 Å². The van der Waals surface area contributed by atoms with Crippen LogP contribution in [-0.2, 0) is 0 Å². The van der Waals surface area contributed by atoms with Crippen LogP contribution >= 0.6 is 0 Å². The molecule has 0 bridgehead atoms. The summed E-state index contributed by atoms with van der Waals surface area (Å²) in [5.41, 5.74) is 11.5. The van der Waals surface area contributed by atoms with Gasteiger partial charge in [-0.2, -0.15) is 15.8 Å². The molecule has 0 amide bonds. The number of para-hydroxylation sites is 2. The number of nitrogens with zero attached hydrogens (tertiary/aromatic N) is 5. The zero-order chi connectivity index (χ0) is 33.8. The average molecular weight is 636 g/mol. The van der Waals surface area contributed by atoms with Crippen molar-refractivity contribution >= 4 is 43.6 Å². The molecule has 2 aromatic heterocycles. The molecule has 0 N–H and O–H groups in total. The Bertz CT molecular complexity index is 2920. The van der Waals surface area contributed by atoms with Crippen LogP contribution in [0.25, 0.3) is 77.2 Å². The fraction of sp³-hybridized carbons (Fsp3) is 0. The summed E-state index contributed by atoms with van der Waals surface area (Å²) in [4.78, 5) is 0. The molecule has 0 aliphatic heterocycles. The molecule has 0 saturated heterocycles. The summed E-state index contributed by atoms with van der Waals surface area (Å²) >= 11 is 0. The highest BCUT2D eigenvalue weighted by Gasteiger charge is 2.20. The Morgan fingerprint density at radius 3 is 1.68 bits per heavy atom. The maximum atomic E-state index is 10.1. The van der Waals surface area contributed by atoms with Gasteiger partial charge in [-0.25, -0.2) is 0 Å². The first-order valence-electron chi connectivity index (χ1n) is 16.3. The summed E-state index contributed by atoms with van der Waals surface area (Å²) in [5, 5.41) is 33.9. The van der Waals surface area contributed by atoms with Gasteiger partial charge in [0.2, 0.25) is 0 Å². The lowest BCUT2D eigenvalue weighted by Crippen LogP contribution is -1.99. The predicted octanol–water partition coefficient (Wildman–Crippen LogP) is 10.8. The van der Waals surface area contributed by atoms with Crippen molar-refractivity contribution in [2.45, 2.75) is 0 Å². The van der Waals surface area contributed by atoms with Crippen LogP contribution in [0.15, 0.2) is 152 Å². The van der Waals surface area contributed by atoms with E-state index in [2.05, 4.69) is 112 Å². The van der Waals surface area contributed by atoms with Gasteiger partial charge in [-0.3, -0.25) is 0 Å². The summed E-state index contributed by atoms with van der Waals surface area (Å²) in [6.07, 6.45) is 0. The lowest BCUT2D eigenvalue weighted by molar-refractivity contribution is 1.18. The molecule has 0 aliphatic rings. The first kappa shape index (κ1) is 28.8. The van der Waals surface area contributed by atoms with Crippen LogP contribution < -0.4 is 0 Å². The van der Waals surface area contributed by atoms with Crippen molar-refractivity contribution in [3.8, 4) is 51.8 Å². The third-order valence-electron chi connectivity index (χ3n) is 9.60. The maximum Gasteiger partial charge on any atom is 0.0992 e. The van der Waals surface area contributed by atoms with E-state index < -0.39 is 0 Å². The SMILES string of the molecule is N#Cc1ccc(-n2c3ccc(C#N)cc3c3ccc(C#N)cc32)c(-c2ccccc2-c2cccc(-n3c4ccccc4c4ccccc43)c2)c1. The molecule has 0 unspecified atom stereocenters. The van der Waals surface area contributed by atoms with Gasteiger partial charge in [-0.15, -0.1) is 0 Å². The highest BCUT2D eigenvalue weighted by atomic mass is 15.0. The van der Waals surface area contributed by atoms with E-state index in [4.69, 9.17) is 0 Å². The summed E-state index contributed by atoms with van der Waals surface area (Å²) < 4.78 is 4.47. The minimum Gasteiger partial charge on any atom is -0.309 e. The Balaban J connectivity index is 1.30. The van der Waals surface area contributed by atoms with Crippen molar-refractivity contribution in [1.29, 1.82) is 15.8 Å². The first-order valence-corrected chi connectivity index (χ1v) is 16.3. The smallest absolute Gasteiger partial charge is 0.0992 e. The van der Waals surface area contributed by atoms with Gasteiger partial charge < -0.3 is 9.13 Å². The second kappa shape index (κ2) is 11.4. The second-order valence-electron chi connectivity index (χ2n) is 12.3. The van der Waals surface area contributed by atoms with E-state index in [1.807, 2.05) is 66.7 Å². The highest BCUT2D eigenvalue weighted by molar-refractivity contribution is 6.11. The van der Waals surface area contributed by atoms with Gasteiger partial charge in [0.05, 0.1) is 62.7 Å². The van der Waals surface area contributed by atoms with E-state index in [0.29, 0.717) is 16.7 Å². The molecular formula is C45H25N5. The Kier molecular flexibility index (Phi) is 6.56. The van der Waals surface area contributed by atoms with Crippen molar-refractivity contribution in [1.82, 2.24) is 9.13 Å². The van der Waals surface area contributed by atoms with Crippen molar-refractivity contribution in [2.75, 3.05) is 0 Å². The third-order valence-corrected chi connectivity index (χ3v) is 9.60. The molecule has 5 heteroatoms. The number of hydrogen-bond acceptors (Lipinski definition) is 3. The predicted molar refractivity (Wildman–Crippen MR) is 200 cm³/mol. The lowest BCUT2D eigenvalue weighted by atomic mass is 9.92. The van der Waals surface area contributed by atoms with E-state index in [9.17, 15) is 15.8 Å². The van der Waals surface area contributed by atoms with Crippen molar-refractivity contribution in [2.24, 2.45) is 0 Å². The van der Waals surface area contributed by atoms with Crippen molar-refractivity contribution < 1.29 is 0 Å². The van der Waals surface area contributed by atoms with Crippen LogP contribution in [-0.4, -0.2) is 9.13 Å². The number of fused-ring (bicyclic) bond motifs is 6. The number of aromatic nitrogens is 2. The quantitative estimate of drug-likeness (QED) is 0.193. The topological polar surface area (TPSA) is 81.2 Å². The molecule has 9 aromatic rings. The van der Waals surface area contributed by atoms with Crippen LogP contribution in [0.4, 0.5) is 0 Å². The van der Waals surface area contributed by atoms with E-state index in [-0.39, 0.29) is 0 Å². The molecule has 5 nitrogen and oxygen atoms in total. The highest BCUT2D eigenvalue weighted by Crippen LogP contribution is 2.41. The van der Waals surface area contributed by atoms with Gasteiger partial charge in [0.15, 0.2) is 0 Å². The molecule has 9 rings (SSSR count). The third kappa shape index (κ3) is 4.38. The van der Waals surface area contributed by atoms with E-state index >= 15 is 0 Å². The maximum absolute atomic E-state index is 10.1. The fourth-order valence-corrected chi connectivity index (χ4v) is 7.42. The zero-order valence-corrected chi connectivity index (χ0v) is 26.7. The molecule has 0 atom stereocenters. The summed E-state index contributed by atoms with van der Waals surface area (Å²) in [6, 6.07) is 57.9. The summed E-state index contributed by atoms with van der Waals surface area (Å²) in [5.74, 6) is 0. The van der Waals surface area contributed by atoms with E-state index in [1.165, 1.54) is 10.8 Å². The normalized spacial score (nSPS) is 11.1. The van der Waals surface area contributed by atoms with Gasteiger partial charge in [0.25, 0.3) is 0 Å². The number of hydrogen-bond donors (Lipinski definition) is 0. The minimum atomic E-state index is 0.541. The van der Waals surface area contributed by atoms with E-state index in [0.717, 1.165) is 66.5 Å². The van der Waals surface area contributed by atoms with Gasteiger partial charge in [-0.1, -0.05) is 78.9 Å². The summed E-state index contributed by atoms with van der Waals surface area (Å²) in [7, 11) is 0. The Morgan fingerprint density at radius 1 is 0.360 bits per heavy atom. The summed E-state index contributed by atoms with van der Waals surface area (Å²) in [6.45, 7) is 0. The first-order chi connectivity index (χ1) is 24.7. The van der Waals surface area contributed by atoms with Crippen LogP contribution in [0.5, 0.6) is 0 Å². The van der Waals surface area contributed by atoms with Crippen LogP contribution in [0.1, 0.15) is 16.7 Å². The van der Waals surface area contributed by atoms with Crippen LogP contribution in [0.2, 0.25) is 0 Å². The fourth-order valence-electron chi connectivity index (χ4n) is 7.42. The van der Waals surface area contributed by atoms with Gasteiger partial charge >= 0.3 is 0 Å². The number of benzene rings is 7. The largest absolute Gasteiger partial charge is 0.309 e. The molecule has 7 aromatic carbocycles. The van der Waals surface area contributed by atoms with Crippen LogP contribution in [0, 0.1) is 34.0 Å². The molecule has 0 fully saturated rings. The molecule has 50 heavy (non-hydrogen) atoms. The van der Waals surface area contributed by atoms with Gasteiger partial charge in [-0.05, 0) is 89.5 Å². The molecule has 0 spiro atoms. The minimum absolute atomic E-state index is 0.541. The monoisotopic (exact) mass is 635 g/mol. The molecular weight excluding hydrogens is 611 g/mol. The Hall–Kier alpha value is -7.39.